The smallest absolute Gasteiger partial charge is 0.243 e. The minimum Gasteiger partial charge on any atom is -0.369 e. The predicted molar refractivity (Wildman–Crippen MR) is 126 cm³/mol. The second-order valence-corrected chi connectivity index (χ2v) is 7.89. The van der Waals surface area contributed by atoms with Gasteiger partial charge in [0.25, 0.3) is 0 Å². The van der Waals surface area contributed by atoms with Crippen molar-refractivity contribution in [1.82, 2.24) is 10.2 Å². The van der Waals surface area contributed by atoms with Crippen molar-refractivity contribution in [3.63, 3.8) is 0 Å². The van der Waals surface area contributed by atoms with Crippen molar-refractivity contribution in [1.29, 1.82) is 0 Å². The number of benzene rings is 3. The number of nitrogens with one attached hydrogen (secondary N) is 1. The van der Waals surface area contributed by atoms with Gasteiger partial charge in [-0.05, 0) is 35.2 Å². The average molecular weight is 432 g/mol. The summed E-state index contributed by atoms with van der Waals surface area (Å²) >= 11 is 0. The Morgan fingerprint density at radius 1 is 0.875 bits per heavy atom. The molecule has 3 aromatic rings. The molecule has 0 aliphatic carbocycles. The largest absolute Gasteiger partial charge is 0.369 e. The molecule has 3 aromatic carbocycles. The van der Waals surface area contributed by atoms with Gasteiger partial charge in [0.1, 0.15) is 12.0 Å². The number of fused-ring (bicyclic) bond motifs is 1. The fourth-order valence-corrected chi connectivity index (χ4v) is 3.85. The number of rotatable bonds is 9. The van der Waals surface area contributed by atoms with E-state index in [1.54, 1.807) is 7.05 Å². The highest BCUT2D eigenvalue weighted by molar-refractivity contribution is 6.01. The van der Waals surface area contributed by atoms with Crippen LogP contribution < -0.4 is 11.1 Å². The number of likely N-dealkylation sites (N-methyl/N-ethyl adjacent to an activating group) is 2. The molecular weight excluding hydrogens is 402 g/mol. The third-order valence-corrected chi connectivity index (χ3v) is 5.64. The monoisotopic (exact) mass is 431 g/mol. The molecule has 0 aliphatic rings. The molecule has 6 heteroatoms. The molecule has 0 saturated heterocycles. The summed E-state index contributed by atoms with van der Waals surface area (Å²) < 4.78 is 0. The Kier molecular flexibility index (Phi) is 7.60. The third-order valence-electron chi connectivity index (χ3n) is 5.64. The zero-order chi connectivity index (χ0) is 23.1. The lowest BCUT2D eigenvalue weighted by Crippen LogP contribution is -2.52. The number of amides is 3. The van der Waals surface area contributed by atoms with Crippen LogP contribution in [0.1, 0.15) is 18.1 Å². The Balaban J connectivity index is 1.84. The van der Waals surface area contributed by atoms with Gasteiger partial charge in [-0.15, -0.1) is 0 Å². The zero-order valence-corrected chi connectivity index (χ0v) is 18.5. The minimum atomic E-state index is -1.06. The summed E-state index contributed by atoms with van der Waals surface area (Å²) in [7, 11) is 1.56. The van der Waals surface area contributed by atoms with Crippen LogP contribution in [0.3, 0.4) is 0 Å². The van der Waals surface area contributed by atoms with Crippen LogP contribution in [0.25, 0.3) is 10.8 Å². The molecule has 32 heavy (non-hydrogen) atoms. The van der Waals surface area contributed by atoms with E-state index in [1.807, 2.05) is 79.7 Å². The van der Waals surface area contributed by atoms with Gasteiger partial charge in [-0.25, -0.2) is 0 Å². The molecule has 0 spiro atoms. The van der Waals surface area contributed by atoms with Crippen LogP contribution in [0.15, 0.2) is 72.8 Å². The highest BCUT2D eigenvalue weighted by atomic mass is 16.2. The molecule has 6 nitrogen and oxygen atoms in total. The van der Waals surface area contributed by atoms with E-state index in [-0.39, 0.29) is 12.3 Å². The molecule has 0 radical (unpaired) electrons. The number of carbonyl (C=O) groups excluding carboxylic acids is 3. The summed E-state index contributed by atoms with van der Waals surface area (Å²) in [6, 6.07) is 22.4. The number of nitrogens with zero attached hydrogens (tertiary/aromatic N) is 1. The highest BCUT2D eigenvalue weighted by Crippen LogP contribution is 2.20. The maximum absolute atomic E-state index is 13.3. The summed E-state index contributed by atoms with van der Waals surface area (Å²) in [5.74, 6) is -2.49. The number of hydrogen-bond donors (Lipinski definition) is 2. The lowest BCUT2D eigenvalue weighted by Gasteiger charge is -2.30. The van der Waals surface area contributed by atoms with Crippen molar-refractivity contribution in [2.45, 2.75) is 25.8 Å². The van der Waals surface area contributed by atoms with Crippen LogP contribution in [-0.4, -0.2) is 42.3 Å². The molecule has 0 unspecified atom stereocenters. The first kappa shape index (κ1) is 23.0. The van der Waals surface area contributed by atoms with Gasteiger partial charge in [0, 0.05) is 20.0 Å². The summed E-state index contributed by atoms with van der Waals surface area (Å²) in [5.41, 5.74) is 7.40. The minimum absolute atomic E-state index is 0.177. The van der Waals surface area contributed by atoms with E-state index in [2.05, 4.69) is 5.32 Å². The number of hydrogen-bond acceptors (Lipinski definition) is 3. The van der Waals surface area contributed by atoms with Crippen molar-refractivity contribution in [3.05, 3.63) is 83.9 Å². The SMILES string of the molecule is CCNC(=O)[C@@H](Cc1ccccc1)N(C)C(=O)[C@H](Cc1ccc2ccccc2c1)C(N)=O. The van der Waals surface area contributed by atoms with Gasteiger partial charge in [0.15, 0.2) is 0 Å². The molecule has 166 valence electrons. The van der Waals surface area contributed by atoms with Crippen LogP contribution in [0.5, 0.6) is 0 Å². The lowest BCUT2D eigenvalue weighted by atomic mass is 9.94. The Labute approximate surface area is 188 Å². The molecule has 0 aromatic heterocycles. The van der Waals surface area contributed by atoms with Gasteiger partial charge in [-0.1, -0.05) is 72.8 Å². The quantitative estimate of drug-likeness (QED) is 0.510. The maximum atomic E-state index is 13.3. The van der Waals surface area contributed by atoms with Crippen molar-refractivity contribution in [2.24, 2.45) is 11.7 Å². The number of nitrogens with two attached hydrogens (primary N) is 1. The fourth-order valence-electron chi connectivity index (χ4n) is 3.85. The van der Waals surface area contributed by atoms with Crippen molar-refractivity contribution < 1.29 is 14.4 Å². The molecule has 0 aliphatic heterocycles. The molecule has 0 bridgehead atoms. The van der Waals surface area contributed by atoms with Crippen molar-refractivity contribution >= 4 is 28.5 Å². The first-order chi connectivity index (χ1) is 15.4. The van der Waals surface area contributed by atoms with Crippen molar-refractivity contribution in [2.75, 3.05) is 13.6 Å². The molecule has 3 amide bonds. The molecule has 0 heterocycles. The van der Waals surface area contributed by atoms with Crippen LogP contribution in [-0.2, 0) is 27.2 Å². The first-order valence-corrected chi connectivity index (χ1v) is 10.8. The number of carbonyl (C=O) groups is 3. The Morgan fingerprint density at radius 2 is 1.53 bits per heavy atom. The average Bonchev–Trinajstić information content (AvgIpc) is 2.80. The highest BCUT2D eigenvalue weighted by Gasteiger charge is 2.34. The molecular formula is C26H29N3O3. The van der Waals surface area contributed by atoms with E-state index < -0.39 is 23.8 Å². The van der Waals surface area contributed by atoms with E-state index in [9.17, 15) is 14.4 Å². The van der Waals surface area contributed by atoms with Gasteiger partial charge in [0.05, 0.1) is 0 Å². The van der Waals surface area contributed by atoms with Gasteiger partial charge in [-0.3, -0.25) is 14.4 Å². The molecule has 0 saturated carbocycles. The third kappa shape index (κ3) is 5.52. The summed E-state index contributed by atoms with van der Waals surface area (Å²) in [6.07, 6.45) is 0.521. The van der Waals surface area contributed by atoms with Crippen molar-refractivity contribution in [3.8, 4) is 0 Å². The molecule has 2 atom stereocenters. The second-order valence-electron chi connectivity index (χ2n) is 7.89. The van der Waals surface area contributed by atoms with E-state index in [0.717, 1.165) is 21.9 Å². The van der Waals surface area contributed by atoms with Gasteiger partial charge >= 0.3 is 0 Å². The van der Waals surface area contributed by atoms with Gasteiger partial charge < -0.3 is 16.0 Å². The van der Waals surface area contributed by atoms with E-state index in [1.165, 1.54) is 4.90 Å². The molecule has 3 N–H and O–H groups in total. The maximum Gasteiger partial charge on any atom is 0.243 e. The van der Waals surface area contributed by atoms with Gasteiger partial charge in [0.2, 0.25) is 17.7 Å². The van der Waals surface area contributed by atoms with E-state index in [0.29, 0.717) is 13.0 Å². The molecule has 3 rings (SSSR count). The Bertz CT molecular complexity index is 1100. The lowest BCUT2D eigenvalue weighted by molar-refractivity contribution is -0.145. The normalized spacial score (nSPS) is 12.7. The van der Waals surface area contributed by atoms with Gasteiger partial charge in [-0.2, -0.15) is 0 Å². The predicted octanol–water partition coefficient (Wildman–Crippen LogP) is 2.69. The van der Waals surface area contributed by atoms with E-state index >= 15 is 0 Å². The summed E-state index contributed by atoms with van der Waals surface area (Å²) in [6.45, 7) is 2.27. The second kappa shape index (κ2) is 10.6. The fraction of sp³-hybridized carbons (Fsp3) is 0.269. The molecule has 0 fully saturated rings. The standard InChI is InChI=1S/C26H29N3O3/c1-3-28-25(31)23(17-18-9-5-4-6-10-18)29(2)26(32)22(24(27)30)16-19-13-14-20-11-7-8-12-21(20)15-19/h4-15,22-23H,3,16-17H2,1-2H3,(H2,27,30)(H,28,31)/t22-,23-/m1/s1. The van der Waals surface area contributed by atoms with Crippen LogP contribution in [0.2, 0.25) is 0 Å². The first-order valence-electron chi connectivity index (χ1n) is 10.8. The van der Waals surface area contributed by atoms with E-state index in [4.69, 9.17) is 5.73 Å². The number of primary amides is 1. The summed E-state index contributed by atoms with van der Waals surface area (Å²) in [5, 5.41) is 4.90. The summed E-state index contributed by atoms with van der Waals surface area (Å²) in [4.78, 5) is 39.7. The van der Waals surface area contributed by atoms with Crippen LogP contribution in [0.4, 0.5) is 0 Å². The van der Waals surface area contributed by atoms with Crippen LogP contribution in [0, 0.1) is 5.92 Å². The van der Waals surface area contributed by atoms with Crippen LogP contribution >= 0.6 is 0 Å². The zero-order valence-electron chi connectivity index (χ0n) is 18.5. The Morgan fingerprint density at radius 3 is 2.19 bits per heavy atom. The topological polar surface area (TPSA) is 92.5 Å². The Hall–Kier alpha value is -3.67.